The summed E-state index contributed by atoms with van der Waals surface area (Å²) in [4.78, 5) is 41.5. The summed E-state index contributed by atoms with van der Waals surface area (Å²) in [6.07, 6.45) is 3.31. The number of nitrogens with zero attached hydrogens (tertiary/aromatic N) is 3. The molecule has 1 saturated heterocycles. The highest BCUT2D eigenvalue weighted by atomic mass is 16.6. The molecule has 2 heterocycles. The van der Waals surface area contributed by atoms with Crippen LogP contribution >= 0.6 is 0 Å². The molecular formula is C25H41N5O5. The van der Waals surface area contributed by atoms with Gasteiger partial charge in [0.1, 0.15) is 11.4 Å². The van der Waals surface area contributed by atoms with E-state index in [-0.39, 0.29) is 29.3 Å². The van der Waals surface area contributed by atoms with Crippen molar-refractivity contribution >= 4 is 23.8 Å². The molecule has 4 amide bonds. The number of alkyl carbamates (subject to hydrolysis) is 1. The Hall–Kier alpha value is -2.78. The molecule has 1 saturated carbocycles. The Morgan fingerprint density at radius 1 is 0.971 bits per heavy atom. The van der Waals surface area contributed by atoms with Crippen LogP contribution in [0.4, 0.5) is 15.4 Å². The van der Waals surface area contributed by atoms with E-state index in [2.05, 4.69) is 15.8 Å². The Kier molecular flexibility index (Phi) is 8.33. The Labute approximate surface area is 208 Å². The summed E-state index contributed by atoms with van der Waals surface area (Å²) in [5.74, 6) is 1.21. The van der Waals surface area contributed by atoms with Crippen LogP contribution in [0.15, 0.2) is 10.6 Å². The molecule has 0 unspecified atom stereocenters. The summed E-state index contributed by atoms with van der Waals surface area (Å²) in [6, 6.07) is 1.55. The molecule has 1 aliphatic carbocycles. The smallest absolute Gasteiger partial charge is 0.407 e. The number of anilines is 1. The van der Waals surface area contributed by atoms with Crippen LogP contribution in [0, 0.1) is 5.92 Å². The lowest BCUT2D eigenvalue weighted by atomic mass is 9.85. The fraction of sp³-hybridized carbons (Fsp3) is 0.760. The van der Waals surface area contributed by atoms with E-state index in [1.165, 1.54) is 0 Å². The molecule has 0 bridgehead atoms. The summed E-state index contributed by atoms with van der Waals surface area (Å²) in [5, 5.41) is 9.69. The summed E-state index contributed by atoms with van der Waals surface area (Å²) < 4.78 is 10.7. The van der Waals surface area contributed by atoms with Gasteiger partial charge in [0.25, 0.3) is 0 Å². The highest BCUT2D eigenvalue weighted by Gasteiger charge is 2.32. The van der Waals surface area contributed by atoms with Gasteiger partial charge >= 0.3 is 12.1 Å². The second-order valence-electron chi connectivity index (χ2n) is 11.6. The maximum Gasteiger partial charge on any atom is 0.407 e. The third-order valence-corrected chi connectivity index (χ3v) is 6.38. The first kappa shape index (κ1) is 26.8. The van der Waals surface area contributed by atoms with E-state index < -0.39 is 11.7 Å². The zero-order valence-electron chi connectivity index (χ0n) is 22.0. The molecule has 1 aromatic rings. The van der Waals surface area contributed by atoms with E-state index in [9.17, 15) is 14.4 Å². The minimum Gasteiger partial charge on any atom is -0.444 e. The molecule has 10 nitrogen and oxygen atoms in total. The van der Waals surface area contributed by atoms with E-state index in [1.807, 2.05) is 46.4 Å². The number of carbonyl (C=O) groups excluding carboxylic acids is 3. The number of carbonyl (C=O) groups is 3. The molecule has 3 rings (SSSR count). The van der Waals surface area contributed by atoms with E-state index in [1.54, 1.807) is 11.0 Å². The van der Waals surface area contributed by atoms with Gasteiger partial charge in [-0.3, -0.25) is 10.1 Å². The summed E-state index contributed by atoms with van der Waals surface area (Å²) in [6.45, 7) is 13.8. The minimum absolute atomic E-state index is 0.0348. The van der Waals surface area contributed by atoms with Crippen molar-refractivity contribution in [3.8, 4) is 0 Å². The minimum atomic E-state index is -0.529. The van der Waals surface area contributed by atoms with E-state index >= 15 is 0 Å². The quantitative estimate of drug-likeness (QED) is 0.657. The number of urea groups is 1. The molecule has 2 fully saturated rings. The molecule has 0 radical (unpaired) electrons. The van der Waals surface area contributed by atoms with Crippen molar-refractivity contribution < 1.29 is 23.6 Å². The highest BCUT2D eigenvalue weighted by Crippen LogP contribution is 2.27. The normalized spacial score (nSPS) is 21.8. The lowest BCUT2D eigenvalue weighted by Crippen LogP contribution is -2.44. The van der Waals surface area contributed by atoms with Crippen molar-refractivity contribution in [2.45, 2.75) is 90.7 Å². The maximum absolute atomic E-state index is 13.2. The van der Waals surface area contributed by atoms with E-state index in [0.717, 1.165) is 32.1 Å². The molecule has 1 aromatic heterocycles. The van der Waals surface area contributed by atoms with Crippen molar-refractivity contribution in [1.82, 2.24) is 20.3 Å². The van der Waals surface area contributed by atoms with Crippen molar-refractivity contribution in [2.75, 3.05) is 31.5 Å². The van der Waals surface area contributed by atoms with Gasteiger partial charge in [0, 0.05) is 49.6 Å². The third-order valence-electron chi connectivity index (χ3n) is 6.38. The monoisotopic (exact) mass is 491 g/mol. The first-order valence-electron chi connectivity index (χ1n) is 12.6. The summed E-state index contributed by atoms with van der Waals surface area (Å²) >= 11 is 0. The number of amides is 4. The van der Waals surface area contributed by atoms with Gasteiger partial charge < -0.3 is 24.4 Å². The van der Waals surface area contributed by atoms with Gasteiger partial charge in [-0.15, -0.1) is 0 Å². The zero-order valence-corrected chi connectivity index (χ0v) is 22.0. The van der Waals surface area contributed by atoms with Crippen LogP contribution in [0.25, 0.3) is 0 Å². The molecule has 0 aromatic carbocycles. The molecule has 35 heavy (non-hydrogen) atoms. The van der Waals surface area contributed by atoms with Gasteiger partial charge in [0.15, 0.2) is 5.82 Å². The number of hydrogen-bond donors (Lipinski definition) is 2. The van der Waals surface area contributed by atoms with Crippen LogP contribution in [0.2, 0.25) is 0 Å². The molecule has 0 atom stereocenters. The summed E-state index contributed by atoms with van der Waals surface area (Å²) in [5.41, 5.74) is -0.719. The van der Waals surface area contributed by atoms with Gasteiger partial charge in [-0.1, -0.05) is 25.9 Å². The fourth-order valence-electron chi connectivity index (χ4n) is 4.43. The van der Waals surface area contributed by atoms with Crippen LogP contribution in [0.1, 0.15) is 79.4 Å². The lowest BCUT2D eigenvalue weighted by Gasteiger charge is -2.32. The molecule has 2 aliphatic rings. The number of hydrogen-bond acceptors (Lipinski definition) is 6. The Morgan fingerprint density at radius 3 is 2.20 bits per heavy atom. The van der Waals surface area contributed by atoms with Crippen LogP contribution in [-0.4, -0.2) is 70.8 Å². The second kappa shape index (κ2) is 10.9. The van der Waals surface area contributed by atoms with Gasteiger partial charge in [0.05, 0.1) is 0 Å². The fourth-order valence-corrected chi connectivity index (χ4v) is 4.43. The first-order chi connectivity index (χ1) is 16.3. The largest absolute Gasteiger partial charge is 0.444 e. The molecule has 0 spiro atoms. The predicted octanol–water partition coefficient (Wildman–Crippen LogP) is 4.12. The highest BCUT2D eigenvalue weighted by molar-refractivity contribution is 5.88. The first-order valence-corrected chi connectivity index (χ1v) is 12.6. The maximum atomic E-state index is 13.2. The van der Waals surface area contributed by atoms with Gasteiger partial charge in [-0.2, -0.15) is 0 Å². The number of rotatable bonds is 3. The van der Waals surface area contributed by atoms with Crippen molar-refractivity contribution in [1.29, 1.82) is 0 Å². The molecule has 1 aliphatic heterocycles. The van der Waals surface area contributed by atoms with E-state index in [0.29, 0.717) is 37.8 Å². The van der Waals surface area contributed by atoms with Gasteiger partial charge in [-0.25, -0.2) is 9.59 Å². The number of nitrogens with one attached hydrogen (secondary N) is 2. The summed E-state index contributed by atoms with van der Waals surface area (Å²) in [7, 11) is 0. The number of aromatic nitrogens is 1. The molecule has 10 heteroatoms. The Morgan fingerprint density at radius 2 is 1.60 bits per heavy atom. The van der Waals surface area contributed by atoms with Crippen LogP contribution in [-0.2, 0) is 14.9 Å². The van der Waals surface area contributed by atoms with Crippen molar-refractivity contribution in [3.05, 3.63) is 11.8 Å². The third kappa shape index (κ3) is 7.86. The van der Waals surface area contributed by atoms with Crippen molar-refractivity contribution in [2.24, 2.45) is 5.92 Å². The molecule has 2 N–H and O–H groups in total. The zero-order chi connectivity index (χ0) is 25.8. The molecule has 196 valence electrons. The standard InChI is InChI=1S/C25H41N5O5/c1-24(2,3)19-16-20(28-35-19)27-22(32)30-13-7-12-29(14-15-30)21(31)17-8-10-18(11-9-17)26-23(33)34-25(4,5)6/h16-18H,7-15H2,1-6H3,(H,26,33)(H,27,28,32). The van der Waals surface area contributed by atoms with Crippen LogP contribution < -0.4 is 10.6 Å². The Bertz CT molecular complexity index is 893. The average Bonchev–Trinajstić information content (AvgIpc) is 3.08. The SMILES string of the molecule is CC(C)(C)OC(=O)NC1CCC(C(=O)N2CCCN(C(=O)Nc3cc(C(C)(C)C)on3)CC2)CC1. The van der Waals surface area contributed by atoms with Gasteiger partial charge in [-0.05, 0) is 52.9 Å². The lowest BCUT2D eigenvalue weighted by molar-refractivity contribution is -0.136. The molecular weight excluding hydrogens is 450 g/mol. The van der Waals surface area contributed by atoms with Crippen LogP contribution in [0.5, 0.6) is 0 Å². The topological polar surface area (TPSA) is 117 Å². The van der Waals surface area contributed by atoms with Crippen LogP contribution in [0.3, 0.4) is 0 Å². The second-order valence-corrected chi connectivity index (χ2v) is 11.6. The van der Waals surface area contributed by atoms with Crippen molar-refractivity contribution in [3.63, 3.8) is 0 Å². The van der Waals surface area contributed by atoms with E-state index in [4.69, 9.17) is 9.26 Å². The number of ether oxygens (including phenoxy) is 1. The Balaban J connectivity index is 1.44. The predicted molar refractivity (Wildman–Crippen MR) is 132 cm³/mol. The van der Waals surface area contributed by atoms with Gasteiger partial charge in [0.2, 0.25) is 5.91 Å². The average molecular weight is 492 g/mol.